The van der Waals surface area contributed by atoms with E-state index in [0.29, 0.717) is 13.1 Å². The summed E-state index contributed by atoms with van der Waals surface area (Å²) >= 11 is 0. The first-order chi connectivity index (χ1) is 11.1. The van der Waals surface area contributed by atoms with E-state index in [0.717, 1.165) is 37.3 Å². The molecule has 0 bridgehead atoms. The van der Waals surface area contributed by atoms with Crippen molar-refractivity contribution in [3.8, 4) is 0 Å². The van der Waals surface area contributed by atoms with Crippen LogP contribution in [0.2, 0.25) is 0 Å². The predicted octanol–water partition coefficient (Wildman–Crippen LogP) is 2.48. The lowest BCUT2D eigenvalue weighted by molar-refractivity contribution is -0.132. The molecule has 2 aliphatic rings. The molecule has 0 aromatic heterocycles. The maximum absolute atomic E-state index is 12.6. The summed E-state index contributed by atoms with van der Waals surface area (Å²) in [6, 6.07) is 8.05. The molecule has 2 saturated heterocycles. The van der Waals surface area contributed by atoms with Crippen molar-refractivity contribution >= 4 is 23.2 Å². The molecule has 0 spiro atoms. The van der Waals surface area contributed by atoms with Gasteiger partial charge in [0.25, 0.3) is 0 Å². The first-order valence-corrected chi connectivity index (χ1v) is 8.55. The van der Waals surface area contributed by atoms with Gasteiger partial charge in [-0.15, -0.1) is 0 Å². The summed E-state index contributed by atoms with van der Waals surface area (Å²) in [6.45, 7) is 5.07. The molecule has 0 radical (unpaired) electrons. The Hall–Kier alpha value is -2.04. The van der Waals surface area contributed by atoms with Gasteiger partial charge in [-0.3, -0.25) is 9.59 Å². The van der Waals surface area contributed by atoms with Crippen molar-refractivity contribution in [1.82, 2.24) is 4.90 Å². The molecule has 2 heterocycles. The number of anilines is 2. The third kappa shape index (κ3) is 3.66. The molecule has 1 aromatic rings. The second kappa shape index (κ2) is 7.02. The van der Waals surface area contributed by atoms with Crippen LogP contribution in [0.4, 0.5) is 11.4 Å². The number of para-hydroxylation sites is 2. The van der Waals surface area contributed by atoms with Crippen LogP contribution in [0.3, 0.4) is 0 Å². The number of nitrogens with one attached hydrogen (secondary N) is 1. The van der Waals surface area contributed by atoms with Gasteiger partial charge in [0, 0.05) is 39.0 Å². The number of rotatable bonds is 3. The molecule has 1 N–H and O–H groups in total. The fourth-order valence-electron chi connectivity index (χ4n) is 3.50. The average Bonchev–Trinajstić information content (AvgIpc) is 3.09. The maximum Gasteiger partial charge on any atom is 0.227 e. The minimum atomic E-state index is -0.00256. The lowest BCUT2D eigenvalue weighted by Gasteiger charge is -2.31. The van der Waals surface area contributed by atoms with Crippen molar-refractivity contribution in [2.24, 2.45) is 5.92 Å². The van der Waals surface area contributed by atoms with Gasteiger partial charge in [-0.25, -0.2) is 0 Å². The molecule has 2 amide bonds. The van der Waals surface area contributed by atoms with Gasteiger partial charge in [0.2, 0.25) is 11.8 Å². The second-order valence-electron chi connectivity index (χ2n) is 6.48. The molecule has 0 atom stereocenters. The topological polar surface area (TPSA) is 52.7 Å². The van der Waals surface area contributed by atoms with Gasteiger partial charge in [-0.1, -0.05) is 12.1 Å². The van der Waals surface area contributed by atoms with Crippen molar-refractivity contribution < 1.29 is 9.59 Å². The Bertz CT molecular complexity index is 573. The van der Waals surface area contributed by atoms with Crippen molar-refractivity contribution in [3.63, 3.8) is 0 Å². The fourth-order valence-corrected chi connectivity index (χ4v) is 3.50. The Kier molecular flexibility index (Phi) is 4.84. The number of carbonyl (C=O) groups is 2. The maximum atomic E-state index is 12.6. The Labute approximate surface area is 137 Å². The molecule has 5 heteroatoms. The summed E-state index contributed by atoms with van der Waals surface area (Å²) in [5.74, 6) is 0.181. The minimum Gasteiger partial charge on any atom is -0.370 e. The Balaban J connectivity index is 1.63. The molecule has 5 nitrogen and oxygen atoms in total. The van der Waals surface area contributed by atoms with Crippen LogP contribution in [0.25, 0.3) is 0 Å². The van der Waals surface area contributed by atoms with E-state index in [2.05, 4.69) is 16.3 Å². The van der Waals surface area contributed by atoms with Crippen LogP contribution in [0.1, 0.15) is 32.6 Å². The zero-order chi connectivity index (χ0) is 16.2. The number of piperidine rings is 1. The molecular formula is C18H25N3O2. The Morgan fingerprint density at radius 1 is 1.04 bits per heavy atom. The first kappa shape index (κ1) is 15.8. The smallest absolute Gasteiger partial charge is 0.227 e. The van der Waals surface area contributed by atoms with Crippen molar-refractivity contribution in [3.05, 3.63) is 24.3 Å². The standard InChI is InChI=1S/C18H25N3O2/c1-14(22)20-12-8-15(9-13-20)18(23)19-16-6-2-3-7-17(16)21-10-4-5-11-21/h2-3,6-7,15H,4-5,8-13H2,1H3,(H,19,23). The van der Waals surface area contributed by atoms with Crippen LogP contribution < -0.4 is 10.2 Å². The SMILES string of the molecule is CC(=O)N1CCC(C(=O)Nc2ccccc2N2CCCC2)CC1. The summed E-state index contributed by atoms with van der Waals surface area (Å²) in [6.07, 6.45) is 3.92. The van der Waals surface area contributed by atoms with Crippen LogP contribution in [0, 0.1) is 5.92 Å². The van der Waals surface area contributed by atoms with Crippen LogP contribution >= 0.6 is 0 Å². The van der Waals surface area contributed by atoms with Crippen LogP contribution in [-0.4, -0.2) is 42.9 Å². The molecule has 3 rings (SSSR count). The molecule has 1 aromatic carbocycles. The van der Waals surface area contributed by atoms with E-state index >= 15 is 0 Å². The summed E-state index contributed by atoms with van der Waals surface area (Å²) in [7, 11) is 0. The van der Waals surface area contributed by atoms with Gasteiger partial charge in [0.15, 0.2) is 0 Å². The monoisotopic (exact) mass is 315 g/mol. The number of benzene rings is 1. The predicted molar refractivity (Wildman–Crippen MR) is 91.5 cm³/mol. The lowest BCUT2D eigenvalue weighted by Crippen LogP contribution is -2.40. The molecule has 23 heavy (non-hydrogen) atoms. The summed E-state index contributed by atoms with van der Waals surface area (Å²) in [5, 5.41) is 3.12. The van der Waals surface area contributed by atoms with E-state index in [1.165, 1.54) is 12.8 Å². The van der Waals surface area contributed by atoms with Crippen molar-refractivity contribution in [2.75, 3.05) is 36.4 Å². The van der Waals surface area contributed by atoms with E-state index in [-0.39, 0.29) is 17.7 Å². The Morgan fingerprint density at radius 2 is 1.70 bits per heavy atom. The number of likely N-dealkylation sites (tertiary alicyclic amines) is 1. The van der Waals surface area contributed by atoms with Crippen LogP contribution in [0.15, 0.2) is 24.3 Å². The normalized spacial score (nSPS) is 19.0. The lowest BCUT2D eigenvalue weighted by atomic mass is 9.95. The van der Waals surface area contributed by atoms with E-state index in [9.17, 15) is 9.59 Å². The van der Waals surface area contributed by atoms with E-state index in [4.69, 9.17) is 0 Å². The highest BCUT2D eigenvalue weighted by Crippen LogP contribution is 2.29. The first-order valence-electron chi connectivity index (χ1n) is 8.55. The van der Waals surface area contributed by atoms with Crippen molar-refractivity contribution in [2.45, 2.75) is 32.6 Å². The van der Waals surface area contributed by atoms with E-state index in [1.54, 1.807) is 6.92 Å². The van der Waals surface area contributed by atoms with Gasteiger partial charge in [-0.2, -0.15) is 0 Å². The van der Waals surface area contributed by atoms with E-state index < -0.39 is 0 Å². The van der Waals surface area contributed by atoms with Gasteiger partial charge >= 0.3 is 0 Å². The average molecular weight is 315 g/mol. The minimum absolute atomic E-state index is 0.00256. The van der Waals surface area contributed by atoms with Gasteiger partial charge in [0.1, 0.15) is 0 Å². The third-order valence-electron chi connectivity index (χ3n) is 4.92. The molecule has 2 fully saturated rings. The fraction of sp³-hybridized carbons (Fsp3) is 0.556. The third-order valence-corrected chi connectivity index (χ3v) is 4.92. The van der Waals surface area contributed by atoms with Gasteiger partial charge in [0.05, 0.1) is 11.4 Å². The number of hydrogen-bond acceptors (Lipinski definition) is 3. The highest BCUT2D eigenvalue weighted by atomic mass is 16.2. The zero-order valence-electron chi connectivity index (χ0n) is 13.8. The zero-order valence-corrected chi connectivity index (χ0v) is 13.8. The molecule has 124 valence electrons. The number of nitrogens with zero attached hydrogens (tertiary/aromatic N) is 2. The van der Waals surface area contributed by atoms with Crippen LogP contribution in [0.5, 0.6) is 0 Å². The van der Waals surface area contributed by atoms with Crippen molar-refractivity contribution in [1.29, 1.82) is 0 Å². The summed E-state index contributed by atoms with van der Waals surface area (Å²) < 4.78 is 0. The quantitative estimate of drug-likeness (QED) is 0.932. The molecule has 0 saturated carbocycles. The van der Waals surface area contributed by atoms with E-state index in [1.807, 2.05) is 23.1 Å². The second-order valence-corrected chi connectivity index (χ2v) is 6.48. The number of amides is 2. The largest absolute Gasteiger partial charge is 0.370 e. The molecule has 2 aliphatic heterocycles. The van der Waals surface area contributed by atoms with Crippen LogP contribution in [-0.2, 0) is 9.59 Å². The number of carbonyl (C=O) groups excluding carboxylic acids is 2. The summed E-state index contributed by atoms with van der Waals surface area (Å²) in [4.78, 5) is 28.1. The summed E-state index contributed by atoms with van der Waals surface area (Å²) in [5.41, 5.74) is 2.04. The molecule has 0 aliphatic carbocycles. The van der Waals surface area contributed by atoms with Gasteiger partial charge < -0.3 is 15.1 Å². The Morgan fingerprint density at radius 3 is 2.35 bits per heavy atom. The molecule has 0 unspecified atom stereocenters. The van der Waals surface area contributed by atoms with Gasteiger partial charge in [-0.05, 0) is 37.8 Å². The highest BCUT2D eigenvalue weighted by molar-refractivity contribution is 5.96. The number of hydrogen-bond donors (Lipinski definition) is 1. The highest BCUT2D eigenvalue weighted by Gasteiger charge is 2.27. The molecular weight excluding hydrogens is 290 g/mol.